The van der Waals surface area contributed by atoms with Crippen LogP contribution in [-0.4, -0.2) is 25.7 Å². The van der Waals surface area contributed by atoms with Crippen molar-refractivity contribution in [3.8, 4) is 5.75 Å². The number of ether oxygens (including phenoxy) is 2. The summed E-state index contributed by atoms with van der Waals surface area (Å²) in [4.78, 5) is 10.4. The molecule has 0 aliphatic heterocycles. The van der Waals surface area contributed by atoms with E-state index in [2.05, 4.69) is 0 Å². The van der Waals surface area contributed by atoms with Gasteiger partial charge in [-0.05, 0) is 18.6 Å². The average molecular weight is 240 g/mol. The van der Waals surface area contributed by atoms with Gasteiger partial charge in [-0.1, -0.05) is 6.07 Å². The number of benzene rings is 1. The molecule has 0 saturated heterocycles. The summed E-state index contributed by atoms with van der Waals surface area (Å²) in [6, 6.07) is 4.68. The second-order valence-corrected chi connectivity index (χ2v) is 3.78. The Hall–Kier alpha value is -1.66. The fraction of sp³-hybridized carbons (Fsp3) is 0.455. The van der Waals surface area contributed by atoms with Crippen LogP contribution in [0.1, 0.15) is 12.5 Å². The normalized spacial score (nSPS) is 14.1. The van der Waals surface area contributed by atoms with Crippen molar-refractivity contribution in [2.45, 2.75) is 12.5 Å². The molecule has 1 aromatic carbocycles. The highest BCUT2D eigenvalue weighted by molar-refractivity contribution is 5.50. The van der Waals surface area contributed by atoms with Crippen molar-refractivity contribution in [2.75, 3.05) is 20.8 Å². The molecule has 0 aromatic heterocycles. The Morgan fingerprint density at radius 3 is 2.53 bits per heavy atom. The lowest BCUT2D eigenvalue weighted by Gasteiger charge is -2.26. The molecule has 17 heavy (non-hydrogen) atoms. The van der Waals surface area contributed by atoms with Gasteiger partial charge < -0.3 is 15.2 Å². The van der Waals surface area contributed by atoms with Crippen LogP contribution in [0.5, 0.6) is 5.75 Å². The van der Waals surface area contributed by atoms with Gasteiger partial charge in [0.2, 0.25) is 0 Å². The number of nitro groups is 1. The number of methoxy groups -OCH3 is 2. The molecule has 0 fully saturated rings. The van der Waals surface area contributed by atoms with Crippen LogP contribution < -0.4 is 10.5 Å². The lowest BCUT2D eigenvalue weighted by molar-refractivity contribution is -0.385. The molecule has 2 N–H and O–H groups in total. The van der Waals surface area contributed by atoms with Gasteiger partial charge in [0, 0.05) is 19.7 Å². The maximum Gasteiger partial charge on any atom is 0.311 e. The molecule has 6 nitrogen and oxygen atoms in total. The molecular weight excluding hydrogens is 224 g/mol. The minimum atomic E-state index is -0.739. The highest BCUT2D eigenvalue weighted by atomic mass is 16.6. The van der Waals surface area contributed by atoms with Crippen molar-refractivity contribution >= 4 is 5.69 Å². The van der Waals surface area contributed by atoms with E-state index in [-0.39, 0.29) is 18.0 Å². The molecule has 1 atom stereocenters. The van der Waals surface area contributed by atoms with Gasteiger partial charge in [0.1, 0.15) is 5.60 Å². The Labute approximate surface area is 99.5 Å². The van der Waals surface area contributed by atoms with E-state index in [9.17, 15) is 10.1 Å². The first-order chi connectivity index (χ1) is 7.98. The van der Waals surface area contributed by atoms with Crippen LogP contribution in [0.15, 0.2) is 18.2 Å². The Bertz CT molecular complexity index is 416. The van der Waals surface area contributed by atoms with Crippen molar-refractivity contribution in [3.05, 3.63) is 33.9 Å². The van der Waals surface area contributed by atoms with Crippen molar-refractivity contribution in [3.63, 3.8) is 0 Å². The predicted octanol–water partition coefficient (Wildman–Crippen LogP) is 1.42. The average Bonchev–Trinajstić information content (AvgIpc) is 2.36. The third-order valence-electron chi connectivity index (χ3n) is 2.83. The molecule has 1 rings (SSSR count). The molecule has 94 valence electrons. The molecule has 0 bridgehead atoms. The summed E-state index contributed by atoms with van der Waals surface area (Å²) in [7, 11) is 2.91. The predicted molar refractivity (Wildman–Crippen MR) is 63.1 cm³/mol. The molecule has 0 spiro atoms. The number of hydrogen-bond acceptors (Lipinski definition) is 5. The minimum absolute atomic E-state index is 0.0956. The van der Waals surface area contributed by atoms with Gasteiger partial charge in [-0.3, -0.25) is 10.1 Å². The van der Waals surface area contributed by atoms with E-state index in [1.807, 2.05) is 0 Å². The lowest BCUT2D eigenvalue weighted by atomic mass is 9.95. The smallest absolute Gasteiger partial charge is 0.311 e. The zero-order chi connectivity index (χ0) is 13.1. The summed E-state index contributed by atoms with van der Waals surface area (Å²) in [6.07, 6.45) is 0. The molecule has 0 heterocycles. The molecule has 1 aromatic rings. The standard InChI is InChI=1S/C11H16N2O4/c1-11(7-12,17-3)8-4-5-10(16-2)9(6-8)13(14)15/h4-6H,7,12H2,1-3H3. The number of nitrogens with two attached hydrogens (primary N) is 1. The van der Waals surface area contributed by atoms with E-state index in [1.54, 1.807) is 19.1 Å². The number of hydrogen-bond donors (Lipinski definition) is 1. The highest BCUT2D eigenvalue weighted by Crippen LogP contribution is 2.32. The summed E-state index contributed by atoms with van der Waals surface area (Å²) in [5.41, 5.74) is 5.43. The van der Waals surface area contributed by atoms with E-state index in [1.165, 1.54) is 20.3 Å². The van der Waals surface area contributed by atoms with Gasteiger partial charge in [-0.25, -0.2) is 0 Å². The van der Waals surface area contributed by atoms with Crippen molar-refractivity contribution < 1.29 is 14.4 Å². The van der Waals surface area contributed by atoms with Crippen LogP contribution in [0.3, 0.4) is 0 Å². The maximum atomic E-state index is 10.9. The number of nitro benzene ring substituents is 1. The first-order valence-corrected chi connectivity index (χ1v) is 5.06. The van der Waals surface area contributed by atoms with Crippen molar-refractivity contribution in [1.29, 1.82) is 0 Å². The van der Waals surface area contributed by atoms with Crippen LogP contribution >= 0.6 is 0 Å². The Morgan fingerprint density at radius 2 is 2.12 bits per heavy atom. The van der Waals surface area contributed by atoms with Gasteiger partial charge in [-0.15, -0.1) is 0 Å². The highest BCUT2D eigenvalue weighted by Gasteiger charge is 2.27. The zero-order valence-electron chi connectivity index (χ0n) is 10.1. The molecule has 0 amide bonds. The SMILES string of the molecule is COc1ccc(C(C)(CN)OC)cc1[N+](=O)[O-]. The van der Waals surface area contributed by atoms with Gasteiger partial charge in [-0.2, -0.15) is 0 Å². The largest absolute Gasteiger partial charge is 0.490 e. The summed E-state index contributed by atoms with van der Waals surface area (Å²) >= 11 is 0. The zero-order valence-corrected chi connectivity index (χ0v) is 10.1. The molecule has 0 radical (unpaired) electrons. The summed E-state index contributed by atoms with van der Waals surface area (Å²) in [5, 5.41) is 10.9. The summed E-state index contributed by atoms with van der Waals surface area (Å²) in [6.45, 7) is 2.01. The number of nitrogens with zero attached hydrogens (tertiary/aromatic N) is 1. The number of rotatable bonds is 5. The molecule has 1 unspecified atom stereocenters. The maximum absolute atomic E-state index is 10.9. The van der Waals surface area contributed by atoms with Crippen molar-refractivity contribution in [1.82, 2.24) is 0 Å². The molecule has 0 aliphatic rings. The molecule has 6 heteroatoms. The van der Waals surface area contributed by atoms with E-state index < -0.39 is 10.5 Å². The van der Waals surface area contributed by atoms with Gasteiger partial charge in [0.25, 0.3) is 0 Å². The minimum Gasteiger partial charge on any atom is -0.490 e. The second-order valence-electron chi connectivity index (χ2n) is 3.78. The Kier molecular flexibility index (Phi) is 4.03. The van der Waals surface area contributed by atoms with Gasteiger partial charge in [0.05, 0.1) is 12.0 Å². The van der Waals surface area contributed by atoms with E-state index in [4.69, 9.17) is 15.2 Å². The quantitative estimate of drug-likeness (QED) is 0.621. The first-order valence-electron chi connectivity index (χ1n) is 5.06. The van der Waals surface area contributed by atoms with Crippen LogP contribution in [-0.2, 0) is 10.3 Å². The molecule has 0 aliphatic carbocycles. The van der Waals surface area contributed by atoms with E-state index >= 15 is 0 Å². The Morgan fingerprint density at radius 1 is 1.47 bits per heavy atom. The van der Waals surface area contributed by atoms with Crippen LogP contribution in [0.25, 0.3) is 0 Å². The Balaban J connectivity index is 3.29. The van der Waals surface area contributed by atoms with Crippen LogP contribution in [0.2, 0.25) is 0 Å². The van der Waals surface area contributed by atoms with E-state index in [0.29, 0.717) is 5.56 Å². The third-order valence-corrected chi connectivity index (χ3v) is 2.83. The van der Waals surface area contributed by atoms with Crippen LogP contribution in [0.4, 0.5) is 5.69 Å². The monoisotopic (exact) mass is 240 g/mol. The van der Waals surface area contributed by atoms with E-state index in [0.717, 1.165) is 0 Å². The molecule has 0 saturated carbocycles. The van der Waals surface area contributed by atoms with Crippen molar-refractivity contribution in [2.24, 2.45) is 5.73 Å². The fourth-order valence-corrected chi connectivity index (χ4v) is 1.48. The fourth-order valence-electron chi connectivity index (χ4n) is 1.48. The van der Waals surface area contributed by atoms with Gasteiger partial charge >= 0.3 is 5.69 Å². The summed E-state index contributed by atoms with van der Waals surface area (Å²) < 4.78 is 10.2. The lowest BCUT2D eigenvalue weighted by Crippen LogP contribution is -2.33. The molecular formula is C11H16N2O4. The summed E-state index contributed by atoms with van der Waals surface area (Å²) in [5.74, 6) is 0.217. The first kappa shape index (κ1) is 13.4. The second kappa shape index (κ2) is 5.11. The van der Waals surface area contributed by atoms with Crippen LogP contribution in [0, 0.1) is 10.1 Å². The topological polar surface area (TPSA) is 87.6 Å². The van der Waals surface area contributed by atoms with Gasteiger partial charge in [0.15, 0.2) is 5.75 Å². The third kappa shape index (κ3) is 2.54.